The number of hydrogen-bond acceptors (Lipinski definition) is 5. The molecule has 0 saturated heterocycles. The van der Waals surface area contributed by atoms with Gasteiger partial charge in [-0.15, -0.1) is 0 Å². The molecule has 2 rings (SSSR count). The topological polar surface area (TPSA) is 126 Å². The number of carbonyl (C=O) groups is 2. The Morgan fingerprint density at radius 2 is 2.00 bits per heavy atom. The minimum Gasteiger partial charge on any atom is -0.475 e. The van der Waals surface area contributed by atoms with Crippen LogP contribution in [0.15, 0.2) is 39.6 Å². The molecular formula is C16H17ClN2O6S. The van der Waals surface area contributed by atoms with Gasteiger partial charge in [-0.05, 0) is 31.2 Å². The summed E-state index contributed by atoms with van der Waals surface area (Å²) in [5.74, 6) is -1.40. The van der Waals surface area contributed by atoms with Crippen molar-refractivity contribution in [2.45, 2.75) is 24.8 Å². The Hall–Kier alpha value is -2.36. The molecular weight excluding hydrogens is 384 g/mol. The first kappa shape index (κ1) is 20.0. The fourth-order valence-corrected chi connectivity index (χ4v) is 3.43. The van der Waals surface area contributed by atoms with Crippen LogP contribution in [0.3, 0.4) is 0 Å². The zero-order chi connectivity index (χ0) is 19.3. The molecule has 0 bridgehead atoms. The number of furan rings is 1. The fraction of sp³-hybridized carbons (Fsp3) is 0.250. The number of hydrogen-bond donors (Lipinski definition) is 3. The van der Waals surface area contributed by atoms with E-state index >= 15 is 0 Å². The number of carbonyl (C=O) groups excluding carboxylic acids is 1. The minimum absolute atomic E-state index is 0.0145. The lowest BCUT2D eigenvalue weighted by Gasteiger charge is -2.07. The molecule has 10 heteroatoms. The van der Waals surface area contributed by atoms with Gasteiger partial charge >= 0.3 is 5.97 Å². The van der Waals surface area contributed by atoms with Crippen LogP contribution in [-0.4, -0.2) is 31.9 Å². The number of carboxylic acid groups (broad SMARTS) is 1. The fourth-order valence-electron chi connectivity index (χ4n) is 2.10. The maximum atomic E-state index is 12.1. The van der Waals surface area contributed by atoms with Crippen molar-refractivity contribution in [1.29, 1.82) is 0 Å². The summed E-state index contributed by atoms with van der Waals surface area (Å²) in [6, 6.07) is 7.12. The molecule has 0 fully saturated rings. The monoisotopic (exact) mass is 400 g/mol. The van der Waals surface area contributed by atoms with Crippen LogP contribution in [0.1, 0.15) is 28.3 Å². The summed E-state index contributed by atoms with van der Waals surface area (Å²) in [4.78, 5) is 22.7. The largest absolute Gasteiger partial charge is 0.475 e. The molecule has 0 aliphatic rings. The van der Waals surface area contributed by atoms with E-state index < -0.39 is 21.9 Å². The summed E-state index contributed by atoms with van der Waals surface area (Å²) in [7, 11) is -3.75. The second kappa shape index (κ2) is 8.35. The van der Waals surface area contributed by atoms with Crippen LogP contribution in [0.25, 0.3) is 0 Å². The van der Waals surface area contributed by atoms with E-state index in [0.29, 0.717) is 16.3 Å². The number of amides is 1. The molecule has 0 radical (unpaired) electrons. The number of halogens is 1. The van der Waals surface area contributed by atoms with Crippen LogP contribution in [0, 0.1) is 6.92 Å². The molecule has 0 spiro atoms. The van der Waals surface area contributed by atoms with Crippen molar-refractivity contribution in [2.24, 2.45) is 0 Å². The van der Waals surface area contributed by atoms with E-state index in [1.165, 1.54) is 24.3 Å². The molecule has 1 amide bonds. The Labute approximate surface area is 155 Å². The van der Waals surface area contributed by atoms with Gasteiger partial charge in [0.05, 0.1) is 4.90 Å². The molecule has 1 aromatic carbocycles. The minimum atomic E-state index is -3.75. The molecule has 0 saturated carbocycles. The predicted octanol–water partition coefficient (Wildman–Crippen LogP) is 1.92. The van der Waals surface area contributed by atoms with Crippen molar-refractivity contribution in [3.63, 3.8) is 0 Å². The number of aromatic carboxylic acids is 1. The van der Waals surface area contributed by atoms with E-state index in [1.54, 1.807) is 13.0 Å². The first-order chi connectivity index (χ1) is 12.2. The van der Waals surface area contributed by atoms with Crippen LogP contribution < -0.4 is 10.0 Å². The summed E-state index contributed by atoms with van der Waals surface area (Å²) in [6.07, 6.45) is -0.0809. The van der Waals surface area contributed by atoms with E-state index in [0.717, 1.165) is 0 Å². The van der Waals surface area contributed by atoms with Crippen molar-refractivity contribution in [3.8, 4) is 0 Å². The van der Waals surface area contributed by atoms with Crippen LogP contribution in [0.5, 0.6) is 0 Å². The molecule has 2 aromatic rings. The lowest BCUT2D eigenvalue weighted by Crippen LogP contribution is -2.30. The van der Waals surface area contributed by atoms with Crippen LogP contribution >= 0.6 is 11.6 Å². The summed E-state index contributed by atoms with van der Waals surface area (Å²) >= 11 is 5.77. The van der Waals surface area contributed by atoms with Gasteiger partial charge in [-0.2, -0.15) is 0 Å². The Kier molecular flexibility index (Phi) is 6.41. The van der Waals surface area contributed by atoms with Gasteiger partial charge in [-0.3, -0.25) is 4.79 Å². The van der Waals surface area contributed by atoms with E-state index in [2.05, 4.69) is 10.0 Å². The van der Waals surface area contributed by atoms with Gasteiger partial charge < -0.3 is 14.8 Å². The van der Waals surface area contributed by atoms with Crippen LogP contribution in [0.2, 0.25) is 5.02 Å². The van der Waals surface area contributed by atoms with Crippen molar-refractivity contribution in [3.05, 3.63) is 52.4 Å². The average molecular weight is 401 g/mol. The highest BCUT2D eigenvalue weighted by Crippen LogP contribution is 2.15. The highest BCUT2D eigenvalue weighted by atomic mass is 35.5. The van der Waals surface area contributed by atoms with Gasteiger partial charge in [0.15, 0.2) is 0 Å². The number of benzene rings is 1. The molecule has 26 heavy (non-hydrogen) atoms. The van der Waals surface area contributed by atoms with Gasteiger partial charge in [-0.1, -0.05) is 17.7 Å². The Morgan fingerprint density at radius 1 is 1.27 bits per heavy atom. The SMILES string of the molecule is Cc1oc(C(=O)O)cc1CNC(=O)CCNS(=O)(=O)c1cccc(Cl)c1. The van der Waals surface area contributed by atoms with Crippen molar-refractivity contribution < 1.29 is 27.5 Å². The lowest BCUT2D eigenvalue weighted by atomic mass is 10.2. The normalized spacial score (nSPS) is 11.3. The second-order valence-electron chi connectivity index (χ2n) is 5.38. The van der Waals surface area contributed by atoms with Crippen LogP contribution in [-0.2, 0) is 21.4 Å². The van der Waals surface area contributed by atoms with Crippen molar-refractivity contribution in [2.75, 3.05) is 6.54 Å². The maximum Gasteiger partial charge on any atom is 0.371 e. The number of sulfonamides is 1. The van der Waals surface area contributed by atoms with Crippen LogP contribution in [0.4, 0.5) is 0 Å². The van der Waals surface area contributed by atoms with Crippen molar-refractivity contribution >= 4 is 33.5 Å². The average Bonchev–Trinajstić information content (AvgIpc) is 2.94. The maximum absolute atomic E-state index is 12.1. The smallest absolute Gasteiger partial charge is 0.371 e. The Bertz CT molecular complexity index is 923. The van der Waals surface area contributed by atoms with Gasteiger partial charge in [0.2, 0.25) is 21.7 Å². The molecule has 0 aliphatic carbocycles. The molecule has 1 aromatic heterocycles. The van der Waals surface area contributed by atoms with E-state index in [-0.39, 0.29) is 30.2 Å². The summed E-state index contributed by atoms with van der Waals surface area (Å²) in [6.45, 7) is 1.58. The summed E-state index contributed by atoms with van der Waals surface area (Å²) < 4.78 is 31.5. The van der Waals surface area contributed by atoms with Crippen molar-refractivity contribution in [1.82, 2.24) is 10.0 Å². The quantitative estimate of drug-likeness (QED) is 0.621. The lowest BCUT2D eigenvalue weighted by molar-refractivity contribution is -0.121. The third-order valence-corrected chi connectivity index (χ3v) is 5.15. The number of aryl methyl sites for hydroxylation is 1. The standard InChI is InChI=1S/C16H17ClN2O6S/c1-10-11(7-14(25-10)16(21)22)9-18-15(20)5-6-19-26(23,24)13-4-2-3-12(17)8-13/h2-4,7-8,19H,5-6,9H2,1H3,(H,18,20)(H,21,22). The molecule has 1 heterocycles. The first-order valence-corrected chi connectivity index (χ1v) is 9.39. The number of rotatable bonds is 8. The van der Waals surface area contributed by atoms with Gasteiger partial charge in [-0.25, -0.2) is 17.9 Å². The van der Waals surface area contributed by atoms with Gasteiger partial charge in [0.1, 0.15) is 5.76 Å². The molecule has 3 N–H and O–H groups in total. The number of carboxylic acids is 1. The first-order valence-electron chi connectivity index (χ1n) is 7.53. The number of nitrogens with one attached hydrogen (secondary N) is 2. The molecule has 0 atom stereocenters. The molecule has 0 unspecified atom stereocenters. The highest BCUT2D eigenvalue weighted by Gasteiger charge is 2.16. The van der Waals surface area contributed by atoms with Gasteiger partial charge in [0.25, 0.3) is 0 Å². The van der Waals surface area contributed by atoms with E-state index in [1.807, 2.05) is 0 Å². The highest BCUT2D eigenvalue weighted by molar-refractivity contribution is 7.89. The third-order valence-electron chi connectivity index (χ3n) is 3.46. The molecule has 140 valence electrons. The Morgan fingerprint density at radius 3 is 2.62 bits per heavy atom. The van der Waals surface area contributed by atoms with E-state index in [4.69, 9.17) is 21.1 Å². The summed E-state index contributed by atoms with van der Waals surface area (Å²) in [5, 5.41) is 11.7. The van der Waals surface area contributed by atoms with Gasteiger partial charge in [0, 0.05) is 30.1 Å². The molecule has 0 aliphatic heterocycles. The second-order valence-corrected chi connectivity index (χ2v) is 7.58. The predicted molar refractivity (Wildman–Crippen MR) is 93.5 cm³/mol. The van der Waals surface area contributed by atoms with E-state index in [9.17, 15) is 18.0 Å². The Balaban J connectivity index is 1.83. The summed E-state index contributed by atoms with van der Waals surface area (Å²) in [5.41, 5.74) is 0.537. The zero-order valence-electron chi connectivity index (χ0n) is 13.8. The molecule has 8 nitrogen and oxygen atoms in total. The third kappa shape index (κ3) is 5.32. The zero-order valence-corrected chi connectivity index (χ0v) is 15.4.